The predicted molar refractivity (Wildman–Crippen MR) is 122 cm³/mol. The minimum atomic E-state index is -0.401. The molecule has 0 spiro atoms. The van der Waals surface area contributed by atoms with Gasteiger partial charge in [0.1, 0.15) is 5.75 Å². The van der Waals surface area contributed by atoms with Gasteiger partial charge in [0.25, 0.3) is 5.91 Å². The molecule has 1 aromatic heterocycles. The third-order valence-electron chi connectivity index (χ3n) is 5.53. The van der Waals surface area contributed by atoms with E-state index in [1.54, 1.807) is 29.2 Å². The van der Waals surface area contributed by atoms with Crippen LogP contribution in [0.1, 0.15) is 52.9 Å². The fourth-order valence-corrected chi connectivity index (χ4v) is 4.00. The highest BCUT2D eigenvalue weighted by molar-refractivity contribution is 6.05. The summed E-state index contributed by atoms with van der Waals surface area (Å²) in [5.74, 6) is 0.680. The second-order valence-electron chi connectivity index (χ2n) is 8.80. The van der Waals surface area contributed by atoms with Gasteiger partial charge in [0.15, 0.2) is 0 Å². The Kier molecular flexibility index (Phi) is 5.39. The maximum Gasteiger partial charge on any atom is 0.277 e. The number of benzene rings is 2. The van der Waals surface area contributed by atoms with E-state index in [0.717, 1.165) is 22.6 Å². The van der Waals surface area contributed by atoms with Crippen molar-refractivity contribution in [3.8, 4) is 5.75 Å². The molecule has 0 fully saturated rings. The first-order chi connectivity index (χ1) is 14.7. The number of ether oxygens (including phenoxy) is 1. The van der Waals surface area contributed by atoms with Crippen LogP contribution < -0.4 is 4.74 Å². The van der Waals surface area contributed by atoms with Crippen molar-refractivity contribution in [1.82, 2.24) is 14.8 Å². The van der Waals surface area contributed by atoms with Crippen LogP contribution in [0.3, 0.4) is 0 Å². The molecule has 2 aromatic carbocycles. The van der Waals surface area contributed by atoms with Gasteiger partial charge >= 0.3 is 0 Å². The number of hydrazone groups is 1. The van der Waals surface area contributed by atoms with Crippen molar-refractivity contribution in [2.75, 3.05) is 7.11 Å². The molecule has 1 aliphatic heterocycles. The molecular weight excluding hydrogens is 388 g/mol. The van der Waals surface area contributed by atoms with Gasteiger partial charge in [-0.25, -0.2) is 5.01 Å². The first kappa shape index (κ1) is 20.8. The van der Waals surface area contributed by atoms with Crippen molar-refractivity contribution in [2.45, 2.75) is 46.2 Å². The molecular formula is C25H28N4O2. The Bertz CT molecular complexity index is 1120. The molecule has 6 nitrogen and oxygen atoms in total. The van der Waals surface area contributed by atoms with Gasteiger partial charge in [0, 0.05) is 12.6 Å². The highest BCUT2D eigenvalue weighted by Crippen LogP contribution is 2.31. The lowest BCUT2D eigenvalue weighted by atomic mass is 9.93. The van der Waals surface area contributed by atoms with Gasteiger partial charge in [-0.2, -0.15) is 10.2 Å². The smallest absolute Gasteiger partial charge is 0.277 e. The third-order valence-corrected chi connectivity index (χ3v) is 5.53. The number of carbonyl (C=O) groups is 1. The second kappa shape index (κ2) is 8.02. The normalized spacial score (nSPS) is 15.1. The van der Waals surface area contributed by atoms with Gasteiger partial charge in [0.05, 0.1) is 36.7 Å². The average molecular weight is 417 g/mol. The van der Waals surface area contributed by atoms with Crippen LogP contribution in [0.25, 0.3) is 0 Å². The molecule has 160 valence electrons. The quantitative estimate of drug-likeness (QED) is 0.611. The van der Waals surface area contributed by atoms with Crippen molar-refractivity contribution in [3.63, 3.8) is 0 Å². The fourth-order valence-electron chi connectivity index (χ4n) is 4.00. The molecule has 0 radical (unpaired) electrons. The standard InChI is InChI=1S/C25H28N4O2/c1-17-10-18(2)12-20(11-17)23-13-25(3,4)29(27-23)24(30)21-14-26-28(16-21)15-19-6-8-22(31-5)9-7-19/h6-12,14,16H,13,15H2,1-5H3. The Morgan fingerprint density at radius 1 is 1.10 bits per heavy atom. The number of aryl methyl sites for hydroxylation is 2. The molecule has 0 bridgehead atoms. The summed E-state index contributed by atoms with van der Waals surface area (Å²) in [4.78, 5) is 13.3. The number of hydrogen-bond acceptors (Lipinski definition) is 4. The Labute approximate surface area is 183 Å². The number of methoxy groups -OCH3 is 1. The molecule has 0 N–H and O–H groups in total. The fraction of sp³-hybridized carbons (Fsp3) is 0.320. The molecule has 0 unspecified atom stereocenters. The zero-order valence-corrected chi connectivity index (χ0v) is 18.7. The van der Waals surface area contributed by atoms with Crippen LogP contribution in [0.5, 0.6) is 5.75 Å². The van der Waals surface area contributed by atoms with E-state index < -0.39 is 5.54 Å². The molecule has 3 aromatic rings. The summed E-state index contributed by atoms with van der Waals surface area (Å²) >= 11 is 0. The lowest BCUT2D eigenvalue weighted by Crippen LogP contribution is -2.40. The highest BCUT2D eigenvalue weighted by atomic mass is 16.5. The van der Waals surface area contributed by atoms with Gasteiger partial charge in [-0.3, -0.25) is 9.48 Å². The van der Waals surface area contributed by atoms with E-state index in [2.05, 4.69) is 37.1 Å². The average Bonchev–Trinajstić information content (AvgIpc) is 3.31. The topological polar surface area (TPSA) is 59.7 Å². The van der Waals surface area contributed by atoms with E-state index in [-0.39, 0.29) is 5.91 Å². The van der Waals surface area contributed by atoms with Crippen LogP contribution in [-0.2, 0) is 6.54 Å². The minimum Gasteiger partial charge on any atom is -0.497 e. The zero-order valence-electron chi connectivity index (χ0n) is 18.7. The molecule has 0 saturated heterocycles. The van der Waals surface area contributed by atoms with Crippen LogP contribution in [-0.4, -0.2) is 39.1 Å². The van der Waals surface area contributed by atoms with E-state index in [0.29, 0.717) is 18.5 Å². The maximum absolute atomic E-state index is 13.3. The van der Waals surface area contributed by atoms with Crippen molar-refractivity contribution in [3.05, 3.63) is 82.7 Å². The second-order valence-corrected chi connectivity index (χ2v) is 8.80. The van der Waals surface area contributed by atoms with E-state index >= 15 is 0 Å². The summed E-state index contributed by atoms with van der Waals surface area (Å²) in [6.07, 6.45) is 4.11. The lowest BCUT2D eigenvalue weighted by Gasteiger charge is -2.28. The van der Waals surface area contributed by atoms with Gasteiger partial charge in [0.2, 0.25) is 0 Å². The van der Waals surface area contributed by atoms with Gasteiger partial charge < -0.3 is 4.74 Å². The van der Waals surface area contributed by atoms with Crippen molar-refractivity contribution >= 4 is 11.6 Å². The highest BCUT2D eigenvalue weighted by Gasteiger charge is 2.39. The summed E-state index contributed by atoms with van der Waals surface area (Å²) in [5.41, 5.74) is 5.63. The molecule has 0 saturated carbocycles. The molecule has 2 heterocycles. The van der Waals surface area contributed by atoms with Crippen molar-refractivity contribution in [1.29, 1.82) is 0 Å². The van der Waals surface area contributed by atoms with Crippen LogP contribution in [0.2, 0.25) is 0 Å². The first-order valence-electron chi connectivity index (χ1n) is 10.4. The van der Waals surface area contributed by atoms with E-state index in [4.69, 9.17) is 9.84 Å². The summed E-state index contributed by atoms with van der Waals surface area (Å²) in [6.45, 7) is 8.84. The van der Waals surface area contributed by atoms with Crippen LogP contribution in [0.15, 0.2) is 60.0 Å². The monoisotopic (exact) mass is 416 g/mol. The van der Waals surface area contributed by atoms with E-state index in [1.165, 1.54) is 11.1 Å². The number of nitrogens with zero attached hydrogens (tertiary/aromatic N) is 4. The number of carbonyl (C=O) groups excluding carboxylic acids is 1. The Morgan fingerprint density at radius 3 is 2.42 bits per heavy atom. The number of hydrogen-bond donors (Lipinski definition) is 0. The van der Waals surface area contributed by atoms with Crippen LogP contribution >= 0.6 is 0 Å². The number of amides is 1. The molecule has 0 atom stereocenters. The van der Waals surface area contributed by atoms with E-state index in [9.17, 15) is 4.79 Å². The van der Waals surface area contributed by atoms with Gasteiger partial charge in [-0.05, 0) is 51.0 Å². The van der Waals surface area contributed by atoms with Gasteiger partial charge in [-0.1, -0.05) is 41.5 Å². The largest absolute Gasteiger partial charge is 0.497 e. The minimum absolute atomic E-state index is 0.134. The number of aromatic nitrogens is 2. The molecule has 1 amide bonds. The number of rotatable bonds is 5. The SMILES string of the molecule is COc1ccc(Cn2cc(C(=O)N3N=C(c4cc(C)cc(C)c4)CC3(C)C)cn2)cc1. The molecule has 0 aliphatic carbocycles. The summed E-state index contributed by atoms with van der Waals surface area (Å²) in [7, 11) is 1.65. The van der Waals surface area contributed by atoms with Crippen LogP contribution in [0.4, 0.5) is 0 Å². The molecule has 4 rings (SSSR count). The third kappa shape index (κ3) is 4.38. The van der Waals surface area contributed by atoms with Crippen molar-refractivity contribution < 1.29 is 9.53 Å². The Hall–Kier alpha value is -3.41. The van der Waals surface area contributed by atoms with Crippen LogP contribution in [0, 0.1) is 13.8 Å². The first-order valence-corrected chi connectivity index (χ1v) is 10.4. The maximum atomic E-state index is 13.3. The Morgan fingerprint density at radius 2 is 1.77 bits per heavy atom. The molecule has 1 aliphatic rings. The molecule has 6 heteroatoms. The zero-order chi connectivity index (χ0) is 22.2. The predicted octanol–water partition coefficient (Wildman–Crippen LogP) is 4.59. The Balaban J connectivity index is 1.54. The van der Waals surface area contributed by atoms with E-state index in [1.807, 2.05) is 38.1 Å². The summed E-state index contributed by atoms with van der Waals surface area (Å²) in [5, 5.41) is 10.7. The van der Waals surface area contributed by atoms with Crippen molar-refractivity contribution in [2.24, 2.45) is 5.10 Å². The van der Waals surface area contributed by atoms with Gasteiger partial charge in [-0.15, -0.1) is 0 Å². The lowest BCUT2D eigenvalue weighted by molar-refractivity contribution is 0.0612. The summed E-state index contributed by atoms with van der Waals surface area (Å²) < 4.78 is 6.97. The summed E-state index contributed by atoms with van der Waals surface area (Å²) in [6, 6.07) is 14.2. The molecule has 31 heavy (non-hydrogen) atoms.